The van der Waals surface area contributed by atoms with Crippen molar-refractivity contribution >= 4 is 11.6 Å². The van der Waals surface area contributed by atoms with E-state index in [0.717, 1.165) is 30.1 Å². The van der Waals surface area contributed by atoms with Crippen molar-refractivity contribution < 1.29 is 9.47 Å². The van der Waals surface area contributed by atoms with Gasteiger partial charge in [-0.2, -0.15) is 0 Å². The van der Waals surface area contributed by atoms with Gasteiger partial charge in [0.25, 0.3) is 0 Å². The fraction of sp³-hybridized carbons (Fsp3) is 0.250. The average Bonchev–Trinajstić information content (AvgIpc) is 3.23. The summed E-state index contributed by atoms with van der Waals surface area (Å²) in [6.07, 6.45) is 2.08. The fourth-order valence-electron chi connectivity index (χ4n) is 1.85. The number of hydrogen-bond donors (Lipinski definition) is 0. The molecule has 0 spiro atoms. The third kappa shape index (κ3) is 3.02. The predicted molar refractivity (Wildman–Crippen MR) is 76.3 cm³/mol. The van der Waals surface area contributed by atoms with Crippen molar-refractivity contribution in [3.8, 4) is 17.2 Å². The molecule has 0 unspecified atom stereocenters. The summed E-state index contributed by atoms with van der Waals surface area (Å²) in [5, 5.41) is 0. The molecule has 0 atom stereocenters. The standard InChI is InChI=1S/C16H15ClO2/c17-12-16(10-11-16)19-15-8-6-14(7-9-15)18-13-4-2-1-3-5-13/h1-9H,10-12H2. The molecule has 2 aromatic rings. The van der Waals surface area contributed by atoms with E-state index in [9.17, 15) is 0 Å². The van der Waals surface area contributed by atoms with Crippen molar-refractivity contribution in [3.05, 3.63) is 54.6 Å². The van der Waals surface area contributed by atoms with Crippen LogP contribution < -0.4 is 9.47 Å². The van der Waals surface area contributed by atoms with Crippen LogP contribution in [0.25, 0.3) is 0 Å². The van der Waals surface area contributed by atoms with Crippen molar-refractivity contribution in [3.63, 3.8) is 0 Å². The van der Waals surface area contributed by atoms with Gasteiger partial charge in [0.2, 0.25) is 0 Å². The number of benzene rings is 2. The van der Waals surface area contributed by atoms with E-state index in [2.05, 4.69) is 0 Å². The Labute approximate surface area is 117 Å². The average molecular weight is 275 g/mol. The van der Waals surface area contributed by atoms with Crippen LogP contribution in [0.4, 0.5) is 0 Å². The Kier molecular flexibility index (Phi) is 3.34. The first kappa shape index (κ1) is 12.4. The van der Waals surface area contributed by atoms with Crippen molar-refractivity contribution in [1.29, 1.82) is 0 Å². The van der Waals surface area contributed by atoms with Gasteiger partial charge in [-0.3, -0.25) is 0 Å². The van der Waals surface area contributed by atoms with Crippen LogP contribution in [0.5, 0.6) is 17.2 Å². The van der Waals surface area contributed by atoms with E-state index in [1.807, 2.05) is 54.6 Å². The molecule has 1 aliphatic rings. The van der Waals surface area contributed by atoms with Gasteiger partial charge < -0.3 is 9.47 Å². The second-order valence-corrected chi connectivity index (χ2v) is 5.07. The van der Waals surface area contributed by atoms with E-state index < -0.39 is 0 Å². The maximum atomic E-state index is 5.89. The molecule has 0 aromatic heterocycles. The van der Waals surface area contributed by atoms with E-state index in [1.54, 1.807) is 0 Å². The SMILES string of the molecule is ClCC1(Oc2ccc(Oc3ccccc3)cc2)CC1. The number of hydrogen-bond acceptors (Lipinski definition) is 2. The molecular formula is C16H15ClO2. The molecule has 0 radical (unpaired) electrons. The number of rotatable bonds is 5. The number of alkyl halides is 1. The molecule has 0 bridgehead atoms. The largest absolute Gasteiger partial charge is 0.486 e. The second kappa shape index (κ2) is 5.14. The first-order chi connectivity index (χ1) is 9.30. The molecule has 98 valence electrons. The summed E-state index contributed by atoms with van der Waals surface area (Å²) in [6.45, 7) is 0. The molecule has 2 aromatic carbocycles. The summed E-state index contributed by atoms with van der Waals surface area (Å²) in [7, 11) is 0. The van der Waals surface area contributed by atoms with Gasteiger partial charge in [0, 0.05) is 0 Å². The van der Waals surface area contributed by atoms with Gasteiger partial charge in [0.15, 0.2) is 0 Å². The number of para-hydroxylation sites is 1. The number of ether oxygens (including phenoxy) is 2. The van der Waals surface area contributed by atoms with Crippen molar-refractivity contribution in [1.82, 2.24) is 0 Å². The smallest absolute Gasteiger partial charge is 0.127 e. The molecule has 2 nitrogen and oxygen atoms in total. The van der Waals surface area contributed by atoms with Crippen molar-refractivity contribution in [2.45, 2.75) is 18.4 Å². The summed E-state index contributed by atoms with van der Waals surface area (Å²) in [6, 6.07) is 17.4. The Morgan fingerprint density at radius 1 is 0.842 bits per heavy atom. The third-order valence-corrected chi connectivity index (χ3v) is 3.68. The van der Waals surface area contributed by atoms with E-state index in [-0.39, 0.29) is 5.60 Å². The van der Waals surface area contributed by atoms with Gasteiger partial charge in [-0.1, -0.05) is 18.2 Å². The molecule has 3 rings (SSSR count). The highest BCUT2D eigenvalue weighted by Gasteiger charge is 2.44. The first-order valence-electron chi connectivity index (χ1n) is 6.38. The number of halogens is 1. The molecule has 1 fully saturated rings. The van der Waals surface area contributed by atoms with Gasteiger partial charge >= 0.3 is 0 Å². The topological polar surface area (TPSA) is 18.5 Å². The first-order valence-corrected chi connectivity index (χ1v) is 6.91. The minimum absolute atomic E-state index is 0.122. The highest BCUT2D eigenvalue weighted by atomic mass is 35.5. The van der Waals surface area contributed by atoms with Crippen LogP contribution in [-0.4, -0.2) is 11.5 Å². The molecule has 0 amide bonds. The van der Waals surface area contributed by atoms with Gasteiger partial charge in [-0.25, -0.2) is 0 Å². The normalized spacial score (nSPS) is 15.8. The second-order valence-electron chi connectivity index (χ2n) is 4.81. The van der Waals surface area contributed by atoms with Crippen LogP contribution in [0, 0.1) is 0 Å². The molecule has 0 N–H and O–H groups in total. The monoisotopic (exact) mass is 274 g/mol. The zero-order chi connectivity index (χ0) is 13.1. The molecular weight excluding hydrogens is 260 g/mol. The van der Waals surface area contributed by atoms with E-state index >= 15 is 0 Å². The highest BCUT2D eigenvalue weighted by Crippen LogP contribution is 2.41. The van der Waals surface area contributed by atoms with Crippen molar-refractivity contribution in [2.24, 2.45) is 0 Å². The van der Waals surface area contributed by atoms with Crippen LogP contribution in [0.1, 0.15) is 12.8 Å². The van der Waals surface area contributed by atoms with E-state index in [0.29, 0.717) is 5.88 Å². The molecule has 0 aliphatic heterocycles. The molecule has 0 heterocycles. The minimum atomic E-state index is -0.122. The van der Waals surface area contributed by atoms with Crippen LogP contribution in [0.15, 0.2) is 54.6 Å². The lowest BCUT2D eigenvalue weighted by molar-refractivity contribution is 0.203. The Morgan fingerprint density at radius 2 is 1.42 bits per heavy atom. The maximum Gasteiger partial charge on any atom is 0.127 e. The van der Waals surface area contributed by atoms with Crippen LogP contribution in [0.2, 0.25) is 0 Å². The Bertz CT molecular complexity index is 532. The maximum absolute atomic E-state index is 5.89. The quantitative estimate of drug-likeness (QED) is 0.740. The van der Waals surface area contributed by atoms with Crippen LogP contribution in [-0.2, 0) is 0 Å². The highest BCUT2D eigenvalue weighted by molar-refractivity contribution is 6.18. The summed E-state index contributed by atoms with van der Waals surface area (Å²) in [4.78, 5) is 0. The van der Waals surface area contributed by atoms with Gasteiger partial charge in [0.05, 0.1) is 5.88 Å². The van der Waals surface area contributed by atoms with Gasteiger partial charge in [-0.05, 0) is 49.2 Å². The van der Waals surface area contributed by atoms with Gasteiger partial charge in [-0.15, -0.1) is 11.6 Å². The summed E-state index contributed by atoms with van der Waals surface area (Å²) in [5.41, 5.74) is -0.122. The zero-order valence-corrected chi connectivity index (χ0v) is 11.3. The fourth-order valence-corrected chi connectivity index (χ4v) is 2.17. The van der Waals surface area contributed by atoms with Gasteiger partial charge in [0.1, 0.15) is 22.8 Å². The lowest BCUT2D eigenvalue weighted by Crippen LogP contribution is -2.19. The summed E-state index contributed by atoms with van der Waals surface area (Å²) >= 11 is 5.89. The molecule has 19 heavy (non-hydrogen) atoms. The lowest BCUT2D eigenvalue weighted by Gasteiger charge is -2.15. The molecule has 1 saturated carbocycles. The third-order valence-electron chi connectivity index (χ3n) is 3.19. The van der Waals surface area contributed by atoms with E-state index in [4.69, 9.17) is 21.1 Å². The van der Waals surface area contributed by atoms with Crippen LogP contribution in [0.3, 0.4) is 0 Å². The molecule has 0 saturated heterocycles. The van der Waals surface area contributed by atoms with Crippen LogP contribution >= 0.6 is 11.6 Å². The predicted octanol–water partition coefficient (Wildman–Crippen LogP) is 4.63. The molecule has 1 aliphatic carbocycles. The summed E-state index contributed by atoms with van der Waals surface area (Å²) in [5.74, 6) is 3.03. The Hall–Kier alpha value is -1.67. The molecule has 3 heteroatoms. The van der Waals surface area contributed by atoms with E-state index in [1.165, 1.54) is 0 Å². The zero-order valence-electron chi connectivity index (χ0n) is 10.5. The Morgan fingerprint density at radius 3 is 2.00 bits per heavy atom. The van der Waals surface area contributed by atoms with Crippen molar-refractivity contribution in [2.75, 3.05) is 5.88 Å². The Balaban J connectivity index is 1.66. The summed E-state index contributed by atoms with van der Waals surface area (Å²) < 4.78 is 11.6. The minimum Gasteiger partial charge on any atom is -0.486 e. The lowest BCUT2D eigenvalue weighted by atomic mass is 10.3.